The van der Waals surface area contributed by atoms with Gasteiger partial charge in [-0.25, -0.2) is 0 Å². The number of nitrogens with zero attached hydrogens (tertiary/aromatic N) is 1. The highest BCUT2D eigenvalue weighted by Crippen LogP contribution is 2.33. The molecule has 0 spiro atoms. The van der Waals surface area contributed by atoms with Gasteiger partial charge in [-0.05, 0) is 25.7 Å². The fraction of sp³-hybridized carbons (Fsp3) is 0.875. The molecule has 1 unspecified atom stereocenters. The molecule has 5 heteroatoms. The van der Waals surface area contributed by atoms with Gasteiger partial charge in [0.2, 0.25) is 5.91 Å². The lowest BCUT2D eigenvalue weighted by Crippen LogP contribution is -2.47. The highest BCUT2D eigenvalue weighted by Gasteiger charge is 2.40. The minimum absolute atomic E-state index is 0.00347. The Labute approximate surface area is 127 Å². The van der Waals surface area contributed by atoms with Gasteiger partial charge in [-0.3, -0.25) is 9.59 Å². The average Bonchev–Trinajstić information content (AvgIpc) is 2.44. The van der Waals surface area contributed by atoms with Crippen molar-refractivity contribution in [3.05, 3.63) is 0 Å². The quantitative estimate of drug-likeness (QED) is 0.756. The molecule has 21 heavy (non-hydrogen) atoms. The third-order valence-electron chi connectivity index (χ3n) is 4.96. The van der Waals surface area contributed by atoms with Crippen molar-refractivity contribution in [3.8, 4) is 0 Å². The van der Waals surface area contributed by atoms with Crippen molar-refractivity contribution in [2.45, 2.75) is 65.3 Å². The topological polar surface area (TPSA) is 77.8 Å². The normalized spacial score (nSPS) is 19.3. The summed E-state index contributed by atoms with van der Waals surface area (Å²) in [6, 6.07) is 0.156. The maximum absolute atomic E-state index is 12.6. The standard InChI is InChI=1S/C16H29NO4/c1-12(2)16(3,15(20)21)11-14(19)17(9-10-18)13-7-5-4-6-8-13/h12-13,18H,4-11H2,1-3H3,(H,20,21). The Bertz CT molecular complexity index is 363. The molecule has 1 aliphatic rings. The lowest BCUT2D eigenvalue weighted by molar-refractivity contribution is -0.156. The van der Waals surface area contributed by atoms with Gasteiger partial charge in [0.05, 0.1) is 12.0 Å². The van der Waals surface area contributed by atoms with Crippen molar-refractivity contribution in [1.29, 1.82) is 0 Å². The molecule has 0 bridgehead atoms. The molecular weight excluding hydrogens is 270 g/mol. The number of hydrogen-bond acceptors (Lipinski definition) is 3. The maximum Gasteiger partial charge on any atom is 0.310 e. The van der Waals surface area contributed by atoms with Gasteiger partial charge in [-0.2, -0.15) is 0 Å². The van der Waals surface area contributed by atoms with Crippen LogP contribution in [0.25, 0.3) is 0 Å². The van der Waals surface area contributed by atoms with Crippen LogP contribution in [0.15, 0.2) is 0 Å². The first-order valence-corrected chi connectivity index (χ1v) is 7.96. The summed E-state index contributed by atoms with van der Waals surface area (Å²) >= 11 is 0. The van der Waals surface area contributed by atoms with Crippen molar-refractivity contribution < 1.29 is 19.8 Å². The van der Waals surface area contributed by atoms with Gasteiger partial charge in [0, 0.05) is 19.0 Å². The van der Waals surface area contributed by atoms with Crippen LogP contribution in [0.2, 0.25) is 0 Å². The van der Waals surface area contributed by atoms with Crippen molar-refractivity contribution in [2.24, 2.45) is 11.3 Å². The van der Waals surface area contributed by atoms with E-state index in [0.717, 1.165) is 25.7 Å². The van der Waals surface area contributed by atoms with E-state index in [1.807, 2.05) is 13.8 Å². The van der Waals surface area contributed by atoms with E-state index in [4.69, 9.17) is 0 Å². The van der Waals surface area contributed by atoms with Crippen LogP contribution in [0.4, 0.5) is 0 Å². The van der Waals surface area contributed by atoms with Crippen molar-refractivity contribution in [2.75, 3.05) is 13.2 Å². The van der Waals surface area contributed by atoms with Crippen molar-refractivity contribution in [1.82, 2.24) is 4.90 Å². The molecule has 1 rings (SSSR count). The van der Waals surface area contributed by atoms with E-state index in [1.54, 1.807) is 11.8 Å². The van der Waals surface area contributed by atoms with Crippen LogP contribution < -0.4 is 0 Å². The summed E-state index contributed by atoms with van der Waals surface area (Å²) in [4.78, 5) is 25.9. The smallest absolute Gasteiger partial charge is 0.310 e. The minimum atomic E-state index is -1.06. The van der Waals surface area contributed by atoms with Crippen LogP contribution >= 0.6 is 0 Å². The van der Waals surface area contributed by atoms with Gasteiger partial charge in [0.1, 0.15) is 0 Å². The lowest BCUT2D eigenvalue weighted by atomic mass is 9.76. The van der Waals surface area contributed by atoms with Gasteiger partial charge in [0.15, 0.2) is 0 Å². The molecule has 1 atom stereocenters. The molecule has 1 saturated carbocycles. The highest BCUT2D eigenvalue weighted by atomic mass is 16.4. The summed E-state index contributed by atoms with van der Waals surface area (Å²) in [6.07, 6.45) is 5.29. The molecule has 0 aliphatic heterocycles. The molecular formula is C16H29NO4. The monoisotopic (exact) mass is 299 g/mol. The SMILES string of the molecule is CC(C)C(C)(CC(=O)N(CCO)C1CCCCC1)C(=O)O. The number of carbonyl (C=O) groups excluding carboxylic acids is 1. The lowest BCUT2D eigenvalue weighted by Gasteiger charge is -2.37. The molecule has 1 fully saturated rings. The predicted octanol–water partition coefficient (Wildman–Crippen LogP) is 2.28. The first-order valence-electron chi connectivity index (χ1n) is 7.96. The van der Waals surface area contributed by atoms with E-state index in [0.29, 0.717) is 6.54 Å². The molecule has 5 nitrogen and oxygen atoms in total. The number of carboxylic acids is 1. The number of hydrogen-bond donors (Lipinski definition) is 2. The van der Waals surface area contributed by atoms with E-state index in [1.165, 1.54) is 6.42 Å². The van der Waals surface area contributed by atoms with Gasteiger partial charge in [-0.1, -0.05) is 33.1 Å². The summed E-state index contributed by atoms with van der Waals surface area (Å²) in [5, 5.41) is 18.7. The number of rotatable bonds is 7. The first-order chi connectivity index (χ1) is 9.82. The fourth-order valence-electron chi connectivity index (χ4n) is 2.95. The molecule has 2 N–H and O–H groups in total. The second kappa shape index (κ2) is 7.78. The third kappa shape index (κ3) is 4.43. The van der Waals surface area contributed by atoms with E-state index >= 15 is 0 Å². The number of aliphatic hydroxyl groups is 1. The summed E-state index contributed by atoms with van der Waals surface area (Å²) in [7, 11) is 0. The molecule has 122 valence electrons. The van der Waals surface area contributed by atoms with Gasteiger partial charge < -0.3 is 15.1 Å². The number of aliphatic hydroxyl groups excluding tert-OH is 1. The van der Waals surface area contributed by atoms with Gasteiger partial charge in [0.25, 0.3) is 0 Å². The molecule has 0 saturated heterocycles. The third-order valence-corrected chi connectivity index (χ3v) is 4.96. The second-order valence-electron chi connectivity index (χ2n) is 6.66. The van der Waals surface area contributed by atoms with Crippen LogP contribution in [-0.2, 0) is 9.59 Å². The maximum atomic E-state index is 12.6. The van der Waals surface area contributed by atoms with E-state index in [-0.39, 0.29) is 30.9 Å². The molecule has 0 heterocycles. The summed E-state index contributed by atoms with van der Waals surface area (Å²) in [6.45, 7) is 5.53. The largest absolute Gasteiger partial charge is 0.481 e. The number of carboxylic acid groups (broad SMARTS) is 1. The first kappa shape index (κ1) is 18.0. The Balaban J connectivity index is 2.82. The zero-order valence-electron chi connectivity index (χ0n) is 13.5. The number of aliphatic carboxylic acids is 1. The van der Waals surface area contributed by atoms with Crippen LogP contribution in [0.3, 0.4) is 0 Å². The van der Waals surface area contributed by atoms with Crippen molar-refractivity contribution in [3.63, 3.8) is 0 Å². The molecule has 0 aromatic rings. The summed E-state index contributed by atoms with van der Waals surface area (Å²) < 4.78 is 0. The van der Waals surface area contributed by atoms with E-state index < -0.39 is 11.4 Å². The molecule has 0 aromatic carbocycles. The Kier molecular flexibility index (Phi) is 6.65. The fourth-order valence-corrected chi connectivity index (χ4v) is 2.95. The molecule has 0 aromatic heterocycles. The Morgan fingerprint density at radius 2 is 1.81 bits per heavy atom. The Morgan fingerprint density at radius 3 is 2.24 bits per heavy atom. The second-order valence-corrected chi connectivity index (χ2v) is 6.66. The Hall–Kier alpha value is -1.10. The number of amides is 1. The molecule has 1 amide bonds. The zero-order chi connectivity index (χ0) is 16.0. The minimum Gasteiger partial charge on any atom is -0.481 e. The average molecular weight is 299 g/mol. The van der Waals surface area contributed by atoms with E-state index in [2.05, 4.69) is 0 Å². The zero-order valence-corrected chi connectivity index (χ0v) is 13.5. The van der Waals surface area contributed by atoms with Gasteiger partial charge in [-0.15, -0.1) is 0 Å². The van der Waals surface area contributed by atoms with Crippen LogP contribution in [0, 0.1) is 11.3 Å². The van der Waals surface area contributed by atoms with Gasteiger partial charge >= 0.3 is 5.97 Å². The van der Waals surface area contributed by atoms with E-state index in [9.17, 15) is 19.8 Å². The summed E-state index contributed by atoms with van der Waals surface area (Å²) in [5.74, 6) is -1.20. The summed E-state index contributed by atoms with van der Waals surface area (Å²) in [5.41, 5.74) is -1.06. The van der Waals surface area contributed by atoms with Crippen LogP contribution in [0.5, 0.6) is 0 Å². The molecule has 1 aliphatic carbocycles. The highest BCUT2D eigenvalue weighted by molar-refractivity contribution is 5.85. The number of carbonyl (C=O) groups is 2. The van der Waals surface area contributed by atoms with Crippen LogP contribution in [-0.4, -0.2) is 46.2 Å². The predicted molar refractivity (Wildman–Crippen MR) is 80.9 cm³/mol. The Morgan fingerprint density at radius 1 is 1.24 bits per heavy atom. The van der Waals surface area contributed by atoms with Crippen LogP contribution in [0.1, 0.15) is 59.3 Å². The van der Waals surface area contributed by atoms with Crippen molar-refractivity contribution >= 4 is 11.9 Å². The molecule has 0 radical (unpaired) electrons.